The van der Waals surface area contributed by atoms with Crippen molar-refractivity contribution in [2.24, 2.45) is 0 Å². The van der Waals surface area contributed by atoms with Crippen molar-refractivity contribution in [2.75, 3.05) is 5.32 Å². The minimum Gasteiger partial charge on any atom is -0.347 e. The molecule has 0 unspecified atom stereocenters. The van der Waals surface area contributed by atoms with Crippen LogP contribution in [0.3, 0.4) is 0 Å². The van der Waals surface area contributed by atoms with Crippen molar-refractivity contribution in [3.63, 3.8) is 0 Å². The zero-order chi connectivity index (χ0) is 20.1. The van der Waals surface area contributed by atoms with Crippen LogP contribution in [0.2, 0.25) is 0 Å². The van der Waals surface area contributed by atoms with Gasteiger partial charge in [-0.05, 0) is 24.3 Å². The first-order valence-electron chi connectivity index (χ1n) is 8.11. The second-order valence-corrected chi connectivity index (χ2v) is 5.77. The van der Waals surface area contributed by atoms with E-state index in [9.17, 15) is 22.4 Å². The number of benzene rings is 2. The van der Waals surface area contributed by atoms with E-state index in [4.69, 9.17) is 0 Å². The van der Waals surface area contributed by atoms with Gasteiger partial charge in [0.2, 0.25) is 0 Å². The standard InChI is InChI=1S/C19H14F4N4O/c20-15-7-2-1-4-12(15)10-24-18(28)16-9-17(26-11-25-16)27-14-6-3-5-13(8-14)19(21,22)23/h1-9,11H,10H2,(H,24,28)(H,25,26,27). The minimum atomic E-state index is -4.47. The zero-order valence-electron chi connectivity index (χ0n) is 14.3. The largest absolute Gasteiger partial charge is 0.416 e. The van der Waals surface area contributed by atoms with Gasteiger partial charge in [0.15, 0.2) is 0 Å². The van der Waals surface area contributed by atoms with E-state index in [-0.39, 0.29) is 23.7 Å². The summed E-state index contributed by atoms with van der Waals surface area (Å²) in [5.74, 6) is -0.875. The molecule has 1 amide bonds. The fourth-order valence-electron chi connectivity index (χ4n) is 2.38. The van der Waals surface area contributed by atoms with E-state index in [1.807, 2.05) is 0 Å². The predicted molar refractivity (Wildman–Crippen MR) is 94.3 cm³/mol. The Kier molecular flexibility index (Phi) is 5.53. The molecule has 0 aliphatic rings. The first kappa shape index (κ1) is 19.3. The summed E-state index contributed by atoms with van der Waals surface area (Å²) >= 11 is 0. The normalized spacial score (nSPS) is 11.1. The third kappa shape index (κ3) is 4.81. The Hall–Kier alpha value is -3.49. The number of carbonyl (C=O) groups is 1. The highest BCUT2D eigenvalue weighted by Crippen LogP contribution is 2.31. The van der Waals surface area contributed by atoms with Crippen LogP contribution < -0.4 is 10.6 Å². The summed E-state index contributed by atoms with van der Waals surface area (Å²) in [7, 11) is 0. The second kappa shape index (κ2) is 8.03. The summed E-state index contributed by atoms with van der Waals surface area (Å²) in [6, 6.07) is 11.9. The maximum atomic E-state index is 13.6. The summed E-state index contributed by atoms with van der Waals surface area (Å²) in [5, 5.41) is 5.23. The van der Waals surface area contributed by atoms with Crippen LogP contribution in [0.4, 0.5) is 29.1 Å². The lowest BCUT2D eigenvalue weighted by Gasteiger charge is -2.11. The van der Waals surface area contributed by atoms with Crippen LogP contribution in [0.25, 0.3) is 0 Å². The molecule has 0 fully saturated rings. The molecule has 3 aromatic rings. The molecule has 0 saturated heterocycles. The van der Waals surface area contributed by atoms with Gasteiger partial charge >= 0.3 is 6.18 Å². The topological polar surface area (TPSA) is 66.9 Å². The summed E-state index contributed by atoms with van der Waals surface area (Å²) in [5.41, 5.74) is -0.353. The van der Waals surface area contributed by atoms with E-state index in [2.05, 4.69) is 20.6 Å². The molecule has 3 rings (SSSR count). The number of hydrogen-bond acceptors (Lipinski definition) is 4. The molecular formula is C19H14F4N4O. The minimum absolute atomic E-state index is 0.0131. The van der Waals surface area contributed by atoms with E-state index >= 15 is 0 Å². The fraction of sp³-hybridized carbons (Fsp3) is 0.105. The first-order valence-corrected chi connectivity index (χ1v) is 8.11. The van der Waals surface area contributed by atoms with Crippen LogP contribution in [-0.4, -0.2) is 15.9 Å². The molecule has 0 spiro atoms. The molecule has 5 nitrogen and oxygen atoms in total. The molecule has 0 aliphatic carbocycles. The van der Waals surface area contributed by atoms with Crippen molar-refractivity contribution in [3.8, 4) is 0 Å². The van der Waals surface area contributed by atoms with Crippen LogP contribution in [0.5, 0.6) is 0 Å². The number of anilines is 2. The molecule has 1 aromatic heterocycles. The maximum Gasteiger partial charge on any atom is 0.416 e. The number of nitrogens with zero attached hydrogens (tertiary/aromatic N) is 2. The molecule has 0 saturated carbocycles. The predicted octanol–water partition coefficient (Wildman–Crippen LogP) is 4.31. The quantitative estimate of drug-likeness (QED) is 0.638. The van der Waals surface area contributed by atoms with E-state index in [1.54, 1.807) is 6.07 Å². The average Bonchev–Trinajstić information content (AvgIpc) is 2.67. The molecule has 9 heteroatoms. The number of hydrogen-bond donors (Lipinski definition) is 2. The third-order valence-corrected chi connectivity index (χ3v) is 3.76. The Balaban J connectivity index is 1.70. The molecule has 2 aromatic carbocycles. The van der Waals surface area contributed by atoms with Gasteiger partial charge < -0.3 is 10.6 Å². The Morgan fingerprint density at radius 2 is 1.79 bits per heavy atom. The second-order valence-electron chi connectivity index (χ2n) is 5.77. The Morgan fingerprint density at radius 3 is 2.54 bits per heavy atom. The average molecular weight is 390 g/mol. The highest BCUT2D eigenvalue weighted by atomic mass is 19.4. The SMILES string of the molecule is O=C(NCc1ccccc1F)c1cc(Nc2cccc(C(F)(F)F)c2)ncn1. The van der Waals surface area contributed by atoms with E-state index in [1.165, 1.54) is 36.4 Å². The van der Waals surface area contributed by atoms with Crippen molar-refractivity contribution in [3.05, 3.63) is 83.6 Å². The highest BCUT2D eigenvalue weighted by molar-refractivity contribution is 5.92. The molecule has 144 valence electrons. The van der Waals surface area contributed by atoms with Gasteiger partial charge in [0.1, 0.15) is 23.7 Å². The monoisotopic (exact) mass is 390 g/mol. The number of alkyl halides is 3. The summed E-state index contributed by atoms with van der Waals surface area (Å²) < 4.78 is 52.0. The summed E-state index contributed by atoms with van der Waals surface area (Å²) in [6.45, 7) is -0.0358. The smallest absolute Gasteiger partial charge is 0.347 e. The van der Waals surface area contributed by atoms with Crippen molar-refractivity contribution in [2.45, 2.75) is 12.7 Å². The number of carbonyl (C=O) groups excluding carboxylic acids is 1. The Morgan fingerprint density at radius 1 is 1.00 bits per heavy atom. The lowest BCUT2D eigenvalue weighted by molar-refractivity contribution is -0.137. The fourth-order valence-corrected chi connectivity index (χ4v) is 2.38. The number of halogens is 4. The van der Waals surface area contributed by atoms with Crippen LogP contribution >= 0.6 is 0 Å². The highest BCUT2D eigenvalue weighted by Gasteiger charge is 2.30. The third-order valence-electron chi connectivity index (χ3n) is 3.76. The van der Waals surface area contributed by atoms with Crippen molar-refractivity contribution in [1.82, 2.24) is 15.3 Å². The number of nitrogens with one attached hydrogen (secondary N) is 2. The van der Waals surface area contributed by atoms with E-state index < -0.39 is 23.5 Å². The van der Waals surface area contributed by atoms with Gasteiger partial charge in [-0.3, -0.25) is 4.79 Å². The molecule has 2 N–H and O–H groups in total. The van der Waals surface area contributed by atoms with Gasteiger partial charge in [-0.25, -0.2) is 14.4 Å². The van der Waals surface area contributed by atoms with Crippen LogP contribution in [0.1, 0.15) is 21.6 Å². The van der Waals surface area contributed by atoms with Crippen molar-refractivity contribution < 1.29 is 22.4 Å². The first-order chi connectivity index (χ1) is 13.3. The van der Waals surface area contributed by atoms with E-state index in [0.29, 0.717) is 5.56 Å². The molecule has 0 radical (unpaired) electrons. The molecule has 0 bridgehead atoms. The van der Waals surface area contributed by atoms with Gasteiger partial charge in [-0.2, -0.15) is 13.2 Å². The van der Waals surface area contributed by atoms with Crippen molar-refractivity contribution >= 4 is 17.4 Å². The van der Waals surface area contributed by atoms with E-state index in [0.717, 1.165) is 18.5 Å². The van der Waals surface area contributed by atoms with Crippen molar-refractivity contribution in [1.29, 1.82) is 0 Å². The van der Waals surface area contributed by atoms with Gasteiger partial charge in [-0.1, -0.05) is 24.3 Å². The molecule has 28 heavy (non-hydrogen) atoms. The molecular weight excluding hydrogens is 376 g/mol. The van der Waals surface area contributed by atoms with Gasteiger partial charge in [0.05, 0.1) is 5.56 Å². The summed E-state index contributed by atoms with van der Waals surface area (Å²) in [4.78, 5) is 20.0. The zero-order valence-corrected chi connectivity index (χ0v) is 14.3. The van der Waals surface area contributed by atoms with Crippen LogP contribution in [0.15, 0.2) is 60.9 Å². The molecule has 0 atom stereocenters. The number of amides is 1. The Bertz CT molecular complexity index is 991. The Labute approximate surface area is 157 Å². The molecule has 0 aliphatic heterocycles. The van der Waals surface area contributed by atoms with Crippen LogP contribution in [-0.2, 0) is 12.7 Å². The lowest BCUT2D eigenvalue weighted by Crippen LogP contribution is -2.24. The van der Waals surface area contributed by atoms with Crippen LogP contribution in [0, 0.1) is 5.82 Å². The van der Waals surface area contributed by atoms with Gasteiger partial charge in [0.25, 0.3) is 5.91 Å². The summed E-state index contributed by atoms with van der Waals surface area (Å²) in [6.07, 6.45) is -3.37. The number of aromatic nitrogens is 2. The molecule has 1 heterocycles. The van der Waals surface area contributed by atoms with Gasteiger partial charge in [0, 0.05) is 23.9 Å². The number of rotatable bonds is 5. The maximum absolute atomic E-state index is 13.6. The van der Waals surface area contributed by atoms with Gasteiger partial charge in [-0.15, -0.1) is 0 Å². The lowest BCUT2D eigenvalue weighted by atomic mass is 10.2.